The summed E-state index contributed by atoms with van der Waals surface area (Å²) in [7, 11) is 1.58. The van der Waals surface area contributed by atoms with Gasteiger partial charge in [-0.15, -0.1) is 11.3 Å². The largest absolute Gasteiger partial charge is 0.466 e. The number of halogens is 1. The highest BCUT2D eigenvalue weighted by atomic mass is 32.1. The molecule has 0 atom stereocenters. The number of benzene rings is 1. The topological polar surface area (TPSA) is 66.9 Å². The van der Waals surface area contributed by atoms with Crippen LogP contribution in [0.4, 0.5) is 4.39 Å². The zero-order chi connectivity index (χ0) is 23.1. The lowest BCUT2D eigenvalue weighted by molar-refractivity contribution is -0.151. The van der Waals surface area contributed by atoms with Gasteiger partial charge in [-0.25, -0.2) is 4.39 Å². The van der Waals surface area contributed by atoms with E-state index in [0.29, 0.717) is 38.1 Å². The highest BCUT2D eigenvalue weighted by Gasteiger charge is 2.28. The van der Waals surface area contributed by atoms with E-state index in [0.717, 1.165) is 9.75 Å². The van der Waals surface area contributed by atoms with E-state index in [1.54, 1.807) is 43.1 Å². The van der Waals surface area contributed by atoms with E-state index < -0.39 is 0 Å². The van der Waals surface area contributed by atoms with Gasteiger partial charge in [0.2, 0.25) is 11.8 Å². The van der Waals surface area contributed by atoms with Gasteiger partial charge in [0.15, 0.2) is 0 Å². The van der Waals surface area contributed by atoms with E-state index in [1.807, 2.05) is 12.1 Å². The predicted molar refractivity (Wildman–Crippen MR) is 122 cm³/mol. The first-order valence-corrected chi connectivity index (χ1v) is 11.4. The monoisotopic (exact) mass is 458 g/mol. The van der Waals surface area contributed by atoms with Crippen molar-refractivity contribution in [2.24, 2.45) is 5.92 Å². The highest BCUT2D eigenvalue weighted by Crippen LogP contribution is 2.30. The first kappa shape index (κ1) is 23.7. The summed E-state index contributed by atoms with van der Waals surface area (Å²) in [5.41, 5.74) is 0.526. The Balaban J connectivity index is 1.50. The number of hydrogen-bond donors (Lipinski definition) is 0. The van der Waals surface area contributed by atoms with Crippen LogP contribution in [0.25, 0.3) is 16.5 Å². The summed E-state index contributed by atoms with van der Waals surface area (Å²) in [6.07, 6.45) is 4.23. The third-order valence-corrected chi connectivity index (χ3v) is 6.46. The minimum absolute atomic E-state index is 0.0296. The fourth-order valence-corrected chi connectivity index (χ4v) is 4.47. The fourth-order valence-electron chi connectivity index (χ4n) is 3.53. The number of ether oxygens (including phenoxy) is 1. The molecule has 1 saturated heterocycles. The van der Waals surface area contributed by atoms with Gasteiger partial charge in [0, 0.05) is 41.5 Å². The molecule has 1 aromatic heterocycles. The summed E-state index contributed by atoms with van der Waals surface area (Å²) in [5.74, 6) is -1.09. The molecule has 2 heterocycles. The summed E-state index contributed by atoms with van der Waals surface area (Å²) in [6, 6.07) is 10.2. The van der Waals surface area contributed by atoms with Crippen molar-refractivity contribution >= 4 is 35.2 Å². The average Bonchev–Trinajstić information content (AvgIpc) is 3.26. The molecule has 0 spiro atoms. The molecule has 1 aliphatic rings. The Bertz CT molecular complexity index is 995. The normalized spacial score (nSPS) is 14.5. The molecule has 170 valence electrons. The van der Waals surface area contributed by atoms with Gasteiger partial charge in [0.1, 0.15) is 5.82 Å². The quantitative estimate of drug-likeness (QED) is 0.467. The van der Waals surface area contributed by atoms with Crippen LogP contribution in [0, 0.1) is 11.7 Å². The van der Waals surface area contributed by atoms with Gasteiger partial charge in [0.25, 0.3) is 0 Å². The molecular formula is C24H27FN2O4S. The van der Waals surface area contributed by atoms with Gasteiger partial charge in [-0.05, 0) is 44.0 Å². The van der Waals surface area contributed by atoms with E-state index in [9.17, 15) is 18.8 Å². The van der Waals surface area contributed by atoms with Crippen molar-refractivity contribution in [2.45, 2.75) is 19.8 Å². The van der Waals surface area contributed by atoms with Gasteiger partial charge in [0.05, 0.1) is 19.1 Å². The molecule has 0 N–H and O–H groups in total. The van der Waals surface area contributed by atoms with Crippen LogP contribution in [-0.2, 0) is 19.1 Å². The minimum Gasteiger partial charge on any atom is -0.466 e. The molecule has 1 aromatic carbocycles. The maximum atomic E-state index is 13.9. The van der Waals surface area contributed by atoms with Crippen molar-refractivity contribution in [3.8, 4) is 10.4 Å². The zero-order valence-corrected chi connectivity index (χ0v) is 19.1. The molecule has 32 heavy (non-hydrogen) atoms. The van der Waals surface area contributed by atoms with Crippen molar-refractivity contribution in [1.29, 1.82) is 0 Å². The van der Waals surface area contributed by atoms with Crippen LogP contribution < -0.4 is 0 Å². The molecule has 0 radical (unpaired) electrons. The molecule has 1 aliphatic heterocycles. The maximum absolute atomic E-state index is 13.9. The van der Waals surface area contributed by atoms with Crippen LogP contribution in [0.1, 0.15) is 24.6 Å². The first-order chi connectivity index (χ1) is 15.4. The van der Waals surface area contributed by atoms with Gasteiger partial charge >= 0.3 is 5.97 Å². The Morgan fingerprint density at radius 1 is 1.19 bits per heavy atom. The third kappa shape index (κ3) is 6.03. The molecule has 0 bridgehead atoms. The van der Waals surface area contributed by atoms with E-state index in [2.05, 4.69) is 0 Å². The number of piperidine rings is 1. The van der Waals surface area contributed by atoms with E-state index in [1.165, 1.54) is 28.4 Å². The molecule has 3 rings (SSSR count). The van der Waals surface area contributed by atoms with E-state index >= 15 is 0 Å². The second-order valence-corrected chi connectivity index (χ2v) is 8.73. The molecule has 6 nitrogen and oxygen atoms in total. The number of thiophene rings is 1. The second kappa shape index (κ2) is 11.0. The lowest BCUT2D eigenvalue weighted by Crippen LogP contribution is -2.45. The van der Waals surface area contributed by atoms with Crippen molar-refractivity contribution in [1.82, 2.24) is 9.80 Å². The van der Waals surface area contributed by atoms with E-state index in [-0.39, 0.29) is 36.1 Å². The van der Waals surface area contributed by atoms with Crippen LogP contribution in [0.2, 0.25) is 0 Å². The predicted octanol–water partition coefficient (Wildman–Crippen LogP) is 3.83. The summed E-state index contributed by atoms with van der Waals surface area (Å²) in [5, 5.41) is 0. The Morgan fingerprint density at radius 2 is 1.91 bits per heavy atom. The summed E-state index contributed by atoms with van der Waals surface area (Å²) >= 11 is 1.39. The molecule has 0 unspecified atom stereocenters. The van der Waals surface area contributed by atoms with Crippen LogP contribution in [-0.4, -0.2) is 60.9 Å². The van der Waals surface area contributed by atoms with Gasteiger partial charge in [-0.1, -0.05) is 18.2 Å². The van der Waals surface area contributed by atoms with Crippen LogP contribution >= 0.6 is 11.3 Å². The number of carbonyl (C=O) groups excluding carboxylic acids is 3. The van der Waals surface area contributed by atoms with Crippen LogP contribution in [0.15, 0.2) is 42.5 Å². The number of amides is 2. The fraction of sp³-hybridized carbons (Fsp3) is 0.375. The van der Waals surface area contributed by atoms with Crippen LogP contribution in [0.3, 0.4) is 0 Å². The first-order valence-electron chi connectivity index (χ1n) is 10.6. The Kier molecular flexibility index (Phi) is 8.16. The minimum atomic E-state index is -0.291. The smallest absolute Gasteiger partial charge is 0.309 e. The Morgan fingerprint density at radius 3 is 2.59 bits per heavy atom. The van der Waals surface area contributed by atoms with Crippen molar-refractivity contribution < 1.29 is 23.5 Å². The average molecular weight is 459 g/mol. The summed E-state index contributed by atoms with van der Waals surface area (Å²) < 4.78 is 19.0. The molecule has 8 heteroatoms. The zero-order valence-electron chi connectivity index (χ0n) is 18.3. The lowest BCUT2D eigenvalue weighted by Gasteiger charge is -2.32. The maximum Gasteiger partial charge on any atom is 0.309 e. The molecule has 2 aromatic rings. The Labute approximate surface area is 191 Å². The van der Waals surface area contributed by atoms with Crippen molar-refractivity contribution in [2.75, 3.05) is 33.3 Å². The number of likely N-dealkylation sites (N-methyl/N-ethyl adjacent to an activating group) is 1. The summed E-state index contributed by atoms with van der Waals surface area (Å²) in [4.78, 5) is 41.4. The number of carbonyl (C=O) groups is 3. The van der Waals surface area contributed by atoms with Gasteiger partial charge in [-0.3, -0.25) is 14.4 Å². The Hall–Kier alpha value is -3.00. The third-order valence-electron chi connectivity index (χ3n) is 5.37. The van der Waals surface area contributed by atoms with Gasteiger partial charge in [-0.2, -0.15) is 0 Å². The summed E-state index contributed by atoms with van der Waals surface area (Å²) in [6.45, 7) is 3.06. The number of rotatable bonds is 7. The SMILES string of the molecule is CCOC(=O)C1CCN(C(=O)CN(C)C(=O)C=Cc2ccc(-c3ccccc3F)s2)CC1. The standard InChI is InChI=1S/C24H27FN2O4S/c1-3-31-24(30)17-12-14-27(15-13-17)23(29)16-26(2)22(28)11-9-18-8-10-21(32-18)19-6-4-5-7-20(19)25/h4-11,17H,3,12-16H2,1-2H3. The van der Waals surface area contributed by atoms with Crippen molar-refractivity contribution in [3.63, 3.8) is 0 Å². The molecule has 1 fully saturated rings. The van der Waals surface area contributed by atoms with Gasteiger partial charge < -0.3 is 14.5 Å². The number of hydrogen-bond acceptors (Lipinski definition) is 5. The molecule has 0 saturated carbocycles. The van der Waals surface area contributed by atoms with E-state index in [4.69, 9.17) is 4.74 Å². The van der Waals surface area contributed by atoms with Crippen molar-refractivity contribution in [3.05, 3.63) is 53.2 Å². The molecular weight excluding hydrogens is 431 g/mol. The number of esters is 1. The second-order valence-electron chi connectivity index (χ2n) is 7.62. The lowest BCUT2D eigenvalue weighted by atomic mass is 9.97. The number of nitrogens with zero attached hydrogens (tertiary/aromatic N) is 2. The highest BCUT2D eigenvalue weighted by molar-refractivity contribution is 7.16. The molecule has 2 amide bonds. The molecule has 0 aliphatic carbocycles. The van der Waals surface area contributed by atoms with Crippen LogP contribution in [0.5, 0.6) is 0 Å². The number of likely N-dealkylation sites (tertiary alicyclic amines) is 1.